The number of ether oxygens (including phenoxy) is 2. The second-order valence-corrected chi connectivity index (χ2v) is 4.26. The summed E-state index contributed by atoms with van der Waals surface area (Å²) in [5, 5.41) is 11.3. The van der Waals surface area contributed by atoms with Crippen LogP contribution in [0.25, 0.3) is 0 Å². The number of nitrogens with one attached hydrogen (secondary N) is 1. The number of aliphatic carboxylic acids is 1. The molecule has 1 rings (SSSR count). The average Bonchev–Trinajstić information content (AvgIpc) is 2.81. The highest BCUT2D eigenvalue weighted by atomic mass is 16.5. The van der Waals surface area contributed by atoms with Gasteiger partial charge in [0.25, 0.3) is 0 Å². The van der Waals surface area contributed by atoms with E-state index < -0.39 is 12.1 Å². The highest BCUT2D eigenvalue weighted by Gasteiger charge is 2.22. The first-order valence-electron chi connectivity index (χ1n) is 5.90. The SMILES string of the molecule is COC(CNC(=O)N(C)CC1CCCO1)C(=O)O. The Balaban J connectivity index is 2.28. The highest BCUT2D eigenvalue weighted by Crippen LogP contribution is 2.12. The van der Waals surface area contributed by atoms with Crippen LogP contribution in [0.1, 0.15) is 12.8 Å². The second kappa shape index (κ2) is 7.17. The van der Waals surface area contributed by atoms with Crippen molar-refractivity contribution in [3.8, 4) is 0 Å². The largest absolute Gasteiger partial charge is 0.479 e. The zero-order valence-corrected chi connectivity index (χ0v) is 10.7. The maximum absolute atomic E-state index is 11.7. The minimum absolute atomic E-state index is 0.0550. The Hall–Kier alpha value is -1.34. The Morgan fingerprint density at radius 3 is 2.83 bits per heavy atom. The van der Waals surface area contributed by atoms with Crippen LogP contribution in [0.2, 0.25) is 0 Å². The Bertz CT molecular complexity index is 291. The van der Waals surface area contributed by atoms with Gasteiger partial charge < -0.3 is 24.8 Å². The lowest BCUT2D eigenvalue weighted by molar-refractivity contribution is -0.148. The molecule has 0 saturated carbocycles. The van der Waals surface area contributed by atoms with E-state index in [1.807, 2.05) is 0 Å². The summed E-state index contributed by atoms with van der Waals surface area (Å²) in [6, 6.07) is -0.325. The van der Waals surface area contributed by atoms with Crippen molar-refractivity contribution in [1.29, 1.82) is 0 Å². The number of hydrogen-bond acceptors (Lipinski definition) is 4. The number of likely N-dealkylation sites (N-methyl/N-ethyl adjacent to an activating group) is 1. The zero-order chi connectivity index (χ0) is 13.5. The van der Waals surface area contributed by atoms with E-state index in [4.69, 9.17) is 14.6 Å². The molecule has 0 bridgehead atoms. The molecule has 2 unspecified atom stereocenters. The van der Waals surface area contributed by atoms with E-state index in [9.17, 15) is 9.59 Å². The first-order chi connectivity index (χ1) is 8.54. The lowest BCUT2D eigenvalue weighted by atomic mass is 10.2. The molecule has 2 atom stereocenters. The van der Waals surface area contributed by atoms with Crippen LogP contribution in [0, 0.1) is 0 Å². The van der Waals surface area contributed by atoms with E-state index in [0.29, 0.717) is 6.54 Å². The molecular weight excluding hydrogens is 240 g/mol. The number of carbonyl (C=O) groups excluding carboxylic acids is 1. The van der Waals surface area contributed by atoms with Gasteiger partial charge in [-0.15, -0.1) is 0 Å². The van der Waals surface area contributed by atoms with Crippen LogP contribution >= 0.6 is 0 Å². The van der Waals surface area contributed by atoms with Crippen molar-refractivity contribution in [2.75, 3.05) is 33.9 Å². The molecular formula is C11H20N2O5. The van der Waals surface area contributed by atoms with Crippen molar-refractivity contribution in [2.24, 2.45) is 0 Å². The summed E-state index contributed by atoms with van der Waals surface area (Å²) < 4.78 is 10.1. The van der Waals surface area contributed by atoms with Gasteiger partial charge in [-0.05, 0) is 12.8 Å². The number of carboxylic acid groups (broad SMARTS) is 1. The number of amides is 2. The summed E-state index contributed by atoms with van der Waals surface area (Å²) in [4.78, 5) is 23.9. The molecule has 0 radical (unpaired) electrons. The van der Waals surface area contributed by atoms with Crippen molar-refractivity contribution in [2.45, 2.75) is 25.0 Å². The normalized spacial score (nSPS) is 20.4. The lowest BCUT2D eigenvalue weighted by Gasteiger charge is -2.22. The van der Waals surface area contributed by atoms with E-state index >= 15 is 0 Å². The number of hydrogen-bond donors (Lipinski definition) is 2. The Kier molecular flexibility index (Phi) is 5.87. The molecule has 1 aliphatic rings. The monoisotopic (exact) mass is 260 g/mol. The first-order valence-corrected chi connectivity index (χ1v) is 5.90. The van der Waals surface area contributed by atoms with Gasteiger partial charge >= 0.3 is 12.0 Å². The number of nitrogens with zero attached hydrogens (tertiary/aromatic N) is 1. The summed E-state index contributed by atoms with van der Waals surface area (Å²) >= 11 is 0. The number of carboxylic acids is 1. The average molecular weight is 260 g/mol. The number of methoxy groups -OCH3 is 1. The van der Waals surface area contributed by atoms with Gasteiger partial charge in [0.2, 0.25) is 0 Å². The van der Waals surface area contributed by atoms with Crippen LogP contribution in [0.3, 0.4) is 0 Å². The molecule has 0 spiro atoms. The molecule has 18 heavy (non-hydrogen) atoms. The van der Waals surface area contributed by atoms with Crippen molar-refractivity contribution < 1.29 is 24.2 Å². The van der Waals surface area contributed by atoms with Crippen molar-refractivity contribution in [3.05, 3.63) is 0 Å². The molecule has 2 N–H and O–H groups in total. The van der Waals surface area contributed by atoms with Crippen LogP contribution in [0.5, 0.6) is 0 Å². The number of rotatable bonds is 6. The van der Waals surface area contributed by atoms with Gasteiger partial charge in [-0.1, -0.05) is 0 Å². The minimum Gasteiger partial charge on any atom is -0.479 e. The van der Waals surface area contributed by atoms with Gasteiger partial charge in [0, 0.05) is 27.3 Å². The van der Waals surface area contributed by atoms with Crippen LogP contribution < -0.4 is 5.32 Å². The Labute approximate surface area is 106 Å². The fourth-order valence-electron chi connectivity index (χ4n) is 1.76. The lowest BCUT2D eigenvalue weighted by Crippen LogP contribution is -2.45. The van der Waals surface area contributed by atoms with Crippen LogP contribution in [0.4, 0.5) is 4.79 Å². The maximum Gasteiger partial charge on any atom is 0.334 e. The van der Waals surface area contributed by atoms with E-state index in [0.717, 1.165) is 19.4 Å². The summed E-state index contributed by atoms with van der Waals surface area (Å²) in [6.45, 7) is 1.20. The van der Waals surface area contributed by atoms with E-state index in [2.05, 4.69) is 5.32 Å². The van der Waals surface area contributed by atoms with Crippen LogP contribution in [-0.4, -0.2) is 68.1 Å². The third kappa shape index (κ3) is 4.50. The molecule has 0 aromatic heterocycles. The number of urea groups is 1. The molecule has 0 aromatic rings. The molecule has 2 amide bonds. The van der Waals surface area contributed by atoms with Crippen molar-refractivity contribution >= 4 is 12.0 Å². The standard InChI is InChI=1S/C11H20N2O5/c1-13(7-8-4-3-5-18-8)11(16)12-6-9(17-2)10(14)15/h8-9H,3-7H2,1-2H3,(H,12,16)(H,14,15). The molecule has 104 valence electrons. The van der Waals surface area contributed by atoms with E-state index in [1.54, 1.807) is 7.05 Å². The summed E-state index contributed by atoms with van der Waals surface area (Å²) in [5.41, 5.74) is 0. The van der Waals surface area contributed by atoms with Gasteiger partial charge in [-0.2, -0.15) is 0 Å². The van der Waals surface area contributed by atoms with Crippen molar-refractivity contribution in [3.63, 3.8) is 0 Å². The molecule has 0 aromatic carbocycles. The third-order valence-electron chi connectivity index (χ3n) is 2.85. The Morgan fingerprint density at radius 1 is 1.61 bits per heavy atom. The summed E-state index contributed by atoms with van der Waals surface area (Å²) in [7, 11) is 2.95. The van der Waals surface area contributed by atoms with Gasteiger partial charge in [0.05, 0.1) is 12.6 Å². The molecule has 1 aliphatic heterocycles. The minimum atomic E-state index is -1.10. The topological polar surface area (TPSA) is 88.1 Å². The smallest absolute Gasteiger partial charge is 0.334 e. The van der Waals surface area contributed by atoms with E-state index in [-0.39, 0.29) is 18.7 Å². The predicted molar refractivity (Wildman–Crippen MR) is 63.4 cm³/mol. The maximum atomic E-state index is 11.7. The Morgan fingerprint density at radius 2 is 2.33 bits per heavy atom. The fraction of sp³-hybridized carbons (Fsp3) is 0.818. The van der Waals surface area contributed by atoms with Gasteiger partial charge in [0.15, 0.2) is 6.10 Å². The third-order valence-corrected chi connectivity index (χ3v) is 2.85. The molecule has 1 saturated heterocycles. The summed E-state index contributed by atoms with van der Waals surface area (Å²) in [5.74, 6) is -1.10. The predicted octanol–water partition coefficient (Wildman–Crippen LogP) is -0.0936. The zero-order valence-electron chi connectivity index (χ0n) is 10.7. The van der Waals surface area contributed by atoms with E-state index in [1.165, 1.54) is 12.0 Å². The molecule has 7 heteroatoms. The molecule has 1 fully saturated rings. The molecule has 7 nitrogen and oxygen atoms in total. The fourth-order valence-corrected chi connectivity index (χ4v) is 1.76. The highest BCUT2D eigenvalue weighted by molar-refractivity contribution is 5.76. The molecule has 0 aliphatic carbocycles. The van der Waals surface area contributed by atoms with Crippen LogP contribution in [-0.2, 0) is 14.3 Å². The van der Waals surface area contributed by atoms with Gasteiger partial charge in [0.1, 0.15) is 0 Å². The molecule has 1 heterocycles. The quantitative estimate of drug-likeness (QED) is 0.696. The second-order valence-electron chi connectivity index (χ2n) is 4.26. The van der Waals surface area contributed by atoms with Gasteiger partial charge in [-0.25, -0.2) is 9.59 Å². The van der Waals surface area contributed by atoms with Crippen LogP contribution in [0.15, 0.2) is 0 Å². The summed E-state index contributed by atoms with van der Waals surface area (Å²) in [6.07, 6.45) is 1.03. The van der Waals surface area contributed by atoms with Gasteiger partial charge in [-0.3, -0.25) is 0 Å². The van der Waals surface area contributed by atoms with Crippen molar-refractivity contribution in [1.82, 2.24) is 10.2 Å². The first kappa shape index (κ1) is 14.7. The number of carbonyl (C=O) groups is 2.